The molecule has 262 valence electrons. The van der Waals surface area contributed by atoms with Crippen molar-refractivity contribution in [2.45, 2.75) is 115 Å². The van der Waals surface area contributed by atoms with Crippen molar-refractivity contribution in [1.29, 1.82) is 0 Å². The molecule has 3 saturated heterocycles. The van der Waals surface area contributed by atoms with E-state index in [-0.39, 0.29) is 29.0 Å². The number of β-amino-alcohol motifs (C(OH)–C–C–N with tert-alkyl or cyclic N) is 1. The van der Waals surface area contributed by atoms with Crippen LogP contribution in [0.15, 0.2) is 18.5 Å². The molecule has 0 amide bonds. The molecular formula is C38H50FN7O3. The number of hydrogen-bond acceptors (Lipinski definition) is 9. The van der Waals surface area contributed by atoms with Gasteiger partial charge < -0.3 is 19.5 Å². The van der Waals surface area contributed by atoms with Gasteiger partial charge in [0.25, 0.3) is 0 Å². The summed E-state index contributed by atoms with van der Waals surface area (Å²) in [7, 11) is 0. The largest absolute Gasteiger partial charge is 0.461 e. The molecule has 3 aromatic heterocycles. The maximum atomic E-state index is 17.4. The van der Waals surface area contributed by atoms with E-state index in [1.165, 1.54) is 0 Å². The van der Waals surface area contributed by atoms with Gasteiger partial charge in [-0.2, -0.15) is 15.1 Å². The number of ether oxygens (including phenoxy) is 2. The highest BCUT2D eigenvalue weighted by Crippen LogP contribution is 2.49. The topological polar surface area (TPSA) is 102 Å². The van der Waals surface area contributed by atoms with E-state index in [1.807, 2.05) is 22.7 Å². The minimum Gasteiger partial charge on any atom is -0.461 e. The fourth-order valence-electron chi connectivity index (χ4n) is 8.89. The smallest absolute Gasteiger partial charge is 0.319 e. The van der Waals surface area contributed by atoms with Crippen LogP contribution in [0, 0.1) is 12.7 Å². The Morgan fingerprint density at radius 1 is 1.04 bits per heavy atom. The van der Waals surface area contributed by atoms with E-state index in [9.17, 15) is 5.11 Å². The number of hydrogen-bond donors (Lipinski definition) is 1. The molecule has 1 aliphatic carbocycles. The van der Waals surface area contributed by atoms with Crippen LogP contribution in [0.4, 0.5) is 10.2 Å². The summed E-state index contributed by atoms with van der Waals surface area (Å²) >= 11 is 0. The van der Waals surface area contributed by atoms with Crippen LogP contribution in [-0.2, 0) is 4.74 Å². The van der Waals surface area contributed by atoms with E-state index in [1.54, 1.807) is 6.20 Å². The number of likely N-dealkylation sites (N-methyl/N-ethyl adjacent to an activating group) is 1. The quantitative estimate of drug-likeness (QED) is 0.200. The fraction of sp³-hybridized carbons (Fsp3) is 0.632. The number of aromatic nitrogens is 5. The predicted octanol–water partition coefficient (Wildman–Crippen LogP) is 7.06. The highest BCUT2D eigenvalue weighted by Gasteiger charge is 2.40. The van der Waals surface area contributed by atoms with E-state index in [4.69, 9.17) is 29.5 Å². The van der Waals surface area contributed by atoms with E-state index in [0.717, 1.165) is 98.5 Å². The number of nitrogens with zero attached hydrogens (tertiary/aromatic N) is 7. The second-order valence-corrected chi connectivity index (χ2v) is 15.2. The minimum absolute atomic E-state index is 0.0987. The van der Waals surface area contributed by atoms with Crippen LogP contribution in [0.1, 0.15) is 108 Å². The molecule has 1 aromatic carbocycles. The van der Waals surface area contributed by atoms with Gasteiger partial charge in [-0.25, -0.2) is 9.07 Å². The van der Waals surface area contributed by atoms with E-state index in [0.29, 0.717) is 49.8 Å². The van der Waals surface area contributed by atoms with Gasteiger partial charge in [0.05, 0.1) is 28.2 Å². The van der Waals surface area contributed by atoms with Gasteiger partial charge in [-0.15, -0.1) is 0 Å². The molecule has 1 N–H and O–H groups in total. The molecule has 4 aromatic rings. The van der Waals surface area contributed by atoms with Crippen molar-refractivity contribution >= 4 is 27.6 Å². The molecule has 0 bridgehead atoms. The molecule has 49 heavy (non-hydrogen) atoms. The molecule has 3 aliphatic heterocycles. The lowest BCUT2D eigenvalue weighted by molar-refractivity contribution is -0.0366. The number of benzene rings is 1. The third kappa shape index (κ3) is 5.85. The number of piperidine rings is 1. The first kappa shape index (κ1) is 32.8. The highest BCUT2D eigenvalue weighted by molar-refractivity contribution is 6.00. The van der Waals surface area contributed by atoms with E-state index in [2.05, 4.69) is 31.7 Å². The van der Waals surface area contributed by atoms with Crippen LogP contribution in [0.2, 0.25) is 0 Å². The van der Waals surface area contributed by atoms with Crippen molar-refractivity contribution in [3.63, 3.8) is 0 Å². The first-order valence-electron chi connectivity index (χ1n) is 18.6. The molecule has 6 heterocycles. The van der Waals surface area contributed by atoms with Crippen molar-refractivity contribution in [3.05, 3.63) is 35.4 Å². The van der Waals surface area contributed by atoms with Crippen LogP contribution < -0.4 is 9.64 Å². The van der Waals surface area contributed by atoms with Crippen LogP contribution in [0.5, 0.6) is 6.01 Å². The maximum absolute atomic E-state index is 17.4. The average molecular weight is 672 g/mol. The third-order valence-corrected chi connectivity index (χ3v) is 11.7. The van der Waals surface area contributed by atoms with Gasteiger partial charge in [0.15, 0.2) is 12.0 Å². The Kier molecular flexibility index (Phi) is 8.51. The summed E-state index contributed by atoms with van der Waals surface area (Å²) < 4.78 is 32.0. The number of halogens is 1. The molecule has 8 rings (SSSR count). The Morgan fingerprint density at radius 3 is 2.61 bits per heavy atom. The zero-order chi connectivity index (χ0) is 33.9. The molecule has 0 radical (unpaired) electrons. The first-order chi connectivity index (χ1) is 23.7. The summed E-state index contributed by atoms with van der Waals surface area (Å²) in [5, 5.41) is 17.3. The first-order valence-corrected chi connectivity index (χ1v) is 18.6. The molecule has 4 fully saturated rings. The standard InChI is InChI=1S/C38H50FN7O3/c1-5-38(15-10-17-45(38)6-2)23-49-36-42-33-27(35(43-36)44-16-9-14-37(4,47)22-44)20-40-34(32(33)39)31-26-21-41-46(29-11-7-8-18-48-29)28(26)19-24(3)30(31)25-12-13-25/h19-21,25,29,47H,5-18,22-23H2,1-4H3. The number of rotatable bonds is 9. The number of pyridine rings is 1. The van der Waals surface area contributed by atoms with Crippen LogP contribution in [0.25, 0.3) is 33.1 Å². The van der Waals surface area contributed by atoms with Crippen LogP contribution >= 0.6 is 0 Å². The molecule has 10 nitrogen and oxygen atoms in total. The van der Waals surface area contributed by atoms with Crippen LogP contribution in [0.3, 0.4) is 0 Å². The highest BCUT2D eigenvalue weighted by atomic mass is 19.1. The van der Waals surface area contributed by atoms with E-state index < -0.39 is 11.4 Å². The summed E-state index contributed by atoms with van der Waals surface area (Å²) in [6, 6.07) is 2.36. The molecule has 3 atom stereocenters. The zero-order valence-corrected chi connectivity index (χ0v) is 29.5. The summed E-state index contributed by atoms with van der Waals surface area (Å²) in [5.74, 6) is 0.437. The summed E-state index contributed by atoms with van der Waals surface area (Å²) in [4.78, 5) is 19.1. The molecule has 0 spiro atoms. The molecular weight excluding hydrogens is 621 g/mol. The monoisotopic (exact) mass is 671 g/mol. The Labute approximate surface area is 288 Å². The van der Waals surface area contributed by atoms with Crippen molar-refractivity contribution in [2.24, 2.45) is 0 Å². The van der Waals surface area contributed by atoms with E-state index >= 15 is 4.39 Å². The lowest BCUT2D eigenvalue weighted by atomic mass is 9.91. The maximum Gasteiger partial charge on any atom is 0.319 e. The summed E-state index contributed by atoms with van der Waals surface area (Å²) in [6.07, 6.45) is 13.3. The number of aryl methyl sites for hydroxylation is 1. The summed E-state index contributed by atoms with van der Waals surface area (Å²) in [6.45, 7) is 12.6. The van der Waals surface area contributed by atoms with Gasteiger partial charge in [-0.05, 0) is 114 Å². The zero-order valence-electron chi connectivity index (χ0n) is 29.5. The second-order valence-electron chi connectivity index (χ2n) is 15.2. The molecule has 1 saturated carbocycles. The van der Waals surface area contributed by atoms with Crippen LogP contribution in [-0.4, -0.2) is 85.3 Å². The normalized spacial score (nSPS) is 26.7. The number of aliphatic hydroxyl groups is 1. The predicted molar refractivity (Wildman–Crippen MR) is 189 cm³/mol. The Bertz CT molecular complexity index is 1870. The van der Waals surface area contributed by atoms with Gasteiger partial charge in [-0.1, -0.05) is 13.8 Å². The van der Waals surface area contributed by atoms with Crippen molar-refractivity contribution < 1.29 is 19.0 Å². The Hall–Kier alpha value is -3.41. The molecule has 4 aliphatic rings. The second kappa shape index (κ2) is 12.7. The van der Waals surface area contributed by atoms with Gasteiger partial charge in [0.2, 0.25) is 0 Å². The van der Waals surface area contributed by atoms with Crippen molar-refractivity contribution in [3.8, 4) is 17.3 Å². The van der Waals surface area contributed by atoms with Gasteiger partial charge in [0.1, 0.15) is 23.6 Å². The number of anilines is 1. The SMILES string of the molecule is CCN1CCCC1(CC)COc1nc(N2CCCC(C)(O)C2)c2cnc(-c3c(C4CC4)c(C)cc4c3cnn4C3CCCCO3)c(F)c2n1. The van der Waals surface area contributed by atoms with Gasteiger partial charge in [-0.3, -0.25) is 9.88 Å². The summed E-state index contributed by atoms with van der Waals surface area (Å²) in [5.41, 5.74) is 3.50. The van der Waals surface area contributed by atoms with Crippen molar-refractivity contribution in [2.75, 3.05) is 44.3 Å². The minimum atomic E-state index is -0.880. The average Bonchev–Trinajstić information content (AvgIpc) is 3.72. The van der Waals surface area contributed by atoms with Crippen molar-refractivity contribution in [1.82, 2.24) is 29.6 Å². The Morgan fingerprint density at radius 2 is 1.88 bits per heavy atom. The molecule has 11 heteroatoms. The number of fused-ring (bicyclic) bond motifs is 2. The lowest BCUT2D eigenvalue weighted by Crippen LogP contribution is -2.48. The third-order valence-electron chi connectivity index (χ3n) is 11.7. The molecule has 3 unspecified atom stereocenters. The Balaban J connectivity index is 1.28. The van der Waals surface area contributed by atoms with Gasteiger partial charge in [0, 0.05) is 36.8 Å². The van der Waals surface area contributed by atoms with Gasteiger partial charge >= 0.3 is 6.01 Å². The lowest BCUT2D eigenvalue weighted by Gasteiger charge is -2.38. The number of likely N-dealkylation sites (tertiary alicyclic amines) is 1. The fourth-order valence-corrected chi connectivity index (χ4v) is 8.89.